The van der Waals surface area contributed by atoms with E-state index in [1.807, 2.05) is 18.2 Å². The summed E-state index contributed by atoms with van der Waals surface area (Å²) in [5, 5.41) is 3.81. The van der Waals surface area contributed by atoms with Crippen LogP contribution in [-0.2, 0) is 9.53 Å². The molecule has 1 aromatic rings. The number of ether oxygens (including phenoxy) is 1. The number of halogens is 1. The lowest BCUT2D eigenvalue weighted by molar-refractivity contribution is -0.130. The summed E-state index contributed by atoms with van der Waals surface area (Å²) in [6, 6.07) is 8.11. The number of hydrogen-bond donors (Lipinski definition) is 1. The van der Waals surface area contributed by atoms with Crippen LogP contribution in [0.3, 0.4) is 0 Å². The monoisotopic (exact) mass is 265 g/mol. The highest BCUT2D eigenvalue weighted by molar-refractivity contribution is 6.30. The molecule has 1 heterocycles. The van der Waals surface area contributed by atoms with Gasteiger partial charge >= 0.3 is 0 Å². The van der Waals surface area contributed by atoms with Crippen molar-refractivity contribution >= 4 is 17.5 Å². The smallest absolute Gasteiger partial charge is 0.249 e. The van der Waals surface area contributed by atoms with Gasteiger partial charge in [-0.1, -0.05) is 23.7 Å². The average molecular weight is 266 g/mol. The fourth-order valence-corrected chi connectivity index (χ4v) is 2.72. The molecule has 3 nitrogen and oxygen atoms in total. The third-order valence-corrected chi connectivity index (χ3v) is 3.85. The van der Waals surface area contributed by atoms with Crippen LogP contribution in [0.2, 0.25) is 5.02 Å². The summed E-state index contributed by atoms with van der Waals surface area (Å²) in [7, 11) is 0. The lowest BCUT2D eigenvalue weighted by atomic mass is 10.1. The van der Waals surface area contributed by atoms with Crippen molar-refractivity contribution in [3.63, 3.8) is 0 Å². The lowest BCUT2D eigenvalue weighted by Gasteiger charge is -2.10. The van der Waals surface area contributed by atoms with Gasteiger partial charge in [-0.2, -0.15) is 0 Å². The highest BCUT2D eigenvalue weighted by atomic mass is 35.5. The minimum Gasteiger partial charge on any atom is -0.368 e. The molecule has 96 valence electrons. The fraction of sp³-hybridized carbons (Fsp3) is 0.500. The van der Waals surface area contributed by atoms with Gasteiger partial charge in [0, 0.05) is 23.6 Å². The zero-order valence-corrected chi connectivity index (χ0v) is 10.8. The molecular weight excluding hydrogens is 250 g/mol. The van der Waals surface area contributed by atoms with Crippen LogP contribution >= 0.6 is 11.6 Å². The number of carbonyl (C=O) groups excluding carboxylic acids is 1. The Morgan fingerprint density at radius 3 is 3.06 bits per heavy atom. The number of rotatable bonds is 3. The van der Waals surface area contributed by atoms with E-state index < -0.39 is 0 Å². The van der Waals surface area contributed by atoms with Crippen molar-refractivity contribution in [2.45, 2.75) is 37.3 Å². The standard InChI is InChI=1S/C14H16ClNO2/c15-10-4-1-3-9(7-10)11-8-12(11)16-14(17)13-5-2-6-18-13/h1,3-4,7,11-13H,2,5-6,8H2,(H,16,17)/t11-,12+,13?/m0/s1. The van der Waals surface area contributed by atoms with Gasteiger partial charge in [-0.25, -0.2) is 0 Å². The highest BCUT2D eigenvalue weighted by Gasteiger charge is 2.40. The second-order valence-electron chi connectivity index (χ2n) is 5.01. The maximum Gasteiger partial charge on any atom is 0.249 e. The second kappa shape index (κ2) is 4.90. The van der Waals surface area contributed by atoms with Gasteiger partial charge in [0.2, 0.25) is 5.91 Å². The zero-order chi connectivity index (χ0) is 12.5. The molecule has 1 aromatic carbocycles. The average Bonchev–Trinajstić information content (AvgIpc) is 2.91. The van der Waals surface area contributed by atoms with Gasteiger partial charge in [-0.05, 0) is 37.0 Å². The SMILES string of the molecule is O=C(N[C@@H]1C[C@H]1c1cccc(Cl)c1)C1CCCO1. The van der Waals surface area contributed by atoms with Crippen LogP contribution in [0.1, 0.15) is 30.7 Å². The van der Waals surface area contributed by atoms with Crippen molar-refractivity contribution < 1.29 is 9.53 Å². The first-order valence-electron chi connectivity index (χ1n) is 6.41. The molecule has 3 atom stereocenters. The topological polar surface area (TPSA) is 38.3 Å². The molecular formula is C14H16ClNO2. The van der Waals surface area contributed by atoms with Crippen LogP contribution in [0, 0.1) is 0 Å². The molecule has 0 spiro atoms. The molecule has 18 heavy (non-hydrogen) atoms. The van der Waals surface area contributed by atoms with Crippen molar-refractivity contribution in [1.29, 1.82) is 0 Å². The molecule has 2 fully saturated rings. The first kappa shape index (κ1) is 12.0. The van der Waals surface area contributed by atoms with Crippen LogP contribution < -0.4 is 5.32 Å². The van der Waals surface area contributed by atoms with E-state index in [0.717, 1.165) is 24.3 Å². The molecule has 4 heteroatoms. The molecule has 1 N–H and O–H groups in total. The minimum absolute atomic E-state index is 0.0435. The Morgan fingerprint density at radius 1 is 1.44 bits per heavy atom. The summed E-state index contributed by atoms with van der Waals surface area (Å²) in [4.78, 5) is 11.9. The quantitative estimate of drug-likeness (QED) is 0.912. The zero-order valence-electron chi connectivity index (χ0n) is 10.1. The van der Waals surface area contributed by atoms with E-state index in [4.69, 9.17) is 16.3 Å². The van der Waals surface area contributed by atoms with Crippen LogP contribution in [0.5, 0.6) is 0 Å². The summed E-state index contributed by atoms with van der Waals surface area (Å²) in [5.74, 6) is 0.455. The van der Waals surface area contributed by atoms with Gasteiger partial charge < -0.3 is 10.1 Å². The number of nitrogens with one attached hydrogen (secondary N) is 1. The number of hydrogen-bond acceptors (Lipinski definition) is 2. The molecule has 1 saturated heterocycles. The first-order valence-corrected chi connectivity index (χ1v) is 6.79. The predicted octanol–water partition coefficient (Wildman–Crippen LogP) is 2.49. The molecule has 1 aliphatic carbocycles. The van der Waals surface area contributed by atoms with Crippen LogP contribution in [0.15, 0.2) is 24.3 Å². The predicted molar refractivity (Wildman–Crippen MR) is 69.7 cm³/mol. The van der Waals surface area contributed by atoms with Crippen LogP contribution in [0.4, 0.5) is 0 Å². The molecule has 1 unspecified atom stereocenters. The molecule has 0 radical (unpaired) electrons. The summed E-state index contributed by atoms with van der Waals surface area (Å²) in [6.45, 7) is 0.709. The largest absolute Gasteiger partial charge is 0.368 e. The van der Waals surface area contributed by atoms with Gasteiger partial charge in [0.05, 0.1) is 0 Å². The van der Waals surface area contributed by atoms with Gasteiger partial charge in [0.1, 0.15) is 6.10 Å². The second-order valence-corrected chi connectivity index (χ2v) is 5.45. The maximum atomic E-state index is 11.9. The van der Waals surface area contributed by atoms with Crippen molar-refractivity contribution in [1.82, 2.24) is 5.32 Å². The summed E-state index contributed by atoms with van der Waals surface area (Å²) in [6.07, 6.45) is 2.60. The Kier molecular flexibility index (Phi) is 3.27. The van der Waals surface area contributed by atoms with E-state index in [1.54, 1.807) is 0 Å². The maximum absolute atomic E-state index is 11.9. The Bertz CT molecular complexity index is 457. The normalized spacial score (nSPS) is 30.2. The van der Waals surface area contributed by atoms with Gasteiger partial charge in [-0.3, -0.25) is 4.79 Å². The Hall–Kier alpha value is -1.06. The minimum atomic E-state index is -0.231. The molecule has 0 bridgehead atoms. The third-order valence-electron chi connectivity index (χ3n) is 3.62. The summed E-state index contributed by atoms with van der Waals surface area (Å²) >= 11 is 5.97. The molecule has 2 aliphatic rings. The third kappa shape index (κ3) is 2.52. The van der Waals surface area contributed by atoms with Crippen LogP contribution in [-0.4, -0.2) is 24.7 Å². The fourth-order valence-electron chi connectivity index (χ4n) is 2.52. The number of carbonyl (C=O) groups is 1. The van der Waals surface area contributed by atoms with E-state index in [-0.39, 0.29) is 18.1 Å². The Morgan fingerprint density at radius 2 is 2.33 bits per heavy atom. The van der Waals surface area contributed by atoms with Crippen LogP contribution in [0.25, 0.3) is 0 Å². The molecule has 3 rings (SSSR count). The van der Waals surface area contributed by atoms with Gasteiger partial charge in [0.25, 0.3) is 0 Å². The van der Waals surface area contributed by atoms with Crippen molar-refractivity contribution in [2.75, 3.05) is 6.61 Å². The Labute approximate surface area is 111 Å². The highest BCUT2D eigenvalue weighted by Crippen LogP contribution is 2.41. The van der Waals surface area contributed by atoms with E-state index in [0.29, 0.717) is 12.5 Å². The van der Waals surface area contributed by atoms with E-state index in [2.05, 4.69) is 11.4 Å². The van der Waals surface area contributed by atoms with Crippen molar-refractivity contribution in [3.05, 3.63) is 34.9 Å². The van der Waals surface area contributed by atoms with E-state index >= 15 is 0 Å². The molecule has 1 amide bonds. The van der Waals surface area contributed by atoms with Gasteiger partial charge in [-0.15, -0.1) is 0 Å². The first-order chi connectivity index (χ1) is 8.74. The van der Waals surface area contributed by atoms with Gasteiger partial charge in [0.15, 0.2) is 0 Å². The van der Waals surface area contributed by atoms with Crippen molar-refractivity contribution in [3.8, 4) is 0 Å². The number of amides is 1. The summed E-state index contributed by atoms with van der Waals surface area (Å²) in [5.41, 5.74) is 1.21. The molecule has 1 aliphatic heterocycles. The summed E-state index contributed by atoms with van der Waals surface area (Å²) < 4.78 is 5.37. The van der Waals surface area contributed by atoms with E-state index in [1.165, 1.54) is 5.56 Å². The lowest BCUT2D eigenvalue weighted by Crippen LogP contribution is -2.36. The van der Waals surface area contributed by atoms with E-state index in [9.17, 15) is 4.79 Å². The molecule has 0 aromatic heterocycles. The Balaban J connectivity index is 1.56. The number of benzene rings is 1. The van der Waals surface area contributed by atoms with Crippen molar-refractivity contribution in [2.24, 2.45) is 0 Å². The molecule has 1 saturated carbocycles.